The maximum Gasteiger partial charge on any atom is 0.406 e. The summed E-state index contributed by atoms with van der Waals surface area (Å²) in [5, 5.41) is 13.3. The van der Waals surface area contributed by atoms with Crippen molar-refractivity contribution in [1.82, 2.24) is 14.7 Å². The number of hydrogen-bond donors (Lipinski definition) is 1. The van der Waals surface area contributed by atoms with Crippen LogP contribution in [-0.4, -0.2) is 50.9 Å². The normalized spacial score (nSPS) is 20.1. The lowest BCUT2D eigenvalue weighted by molar-refractivity contribution is -0.227. The van der Waals surface area contributed by atoms with Gasteiger partial charge in [0.2, 0.25) is 0 Å². The van der Waals surface area contributed by atoms with Gasteiger partial charge in [0.15, 0.2) is 5.41 Å². The molecule has 0 spiro atoms. The first-order valence-corrected chi connectivity index (χ1v) is 8.28. The maximum absolute atomic E-state index is 13.3. The van der Waals surface area contributed by atoms with Crippen LogP contribution in [0.5, 0.6) is 0 Å². The molecular formula is C18H18F3N3O3. The number of likely N-dealkylation sites (tertiary alicyclic amines) is 1. The number of benzene rings is 1. The number of hydrogen-bond acceptors (Lipinski definition) is 3. The molecule has 0 radical (unpaired) electrons. The van der Waals surface area contributed by atoms with Crippen LogP contribution in [-0.2, 0) is 4.79 Å². The van der Waals surface area contributed by atoms with Gasteiger partial charge in [0, 0.05) is 13.1 Å². The molecule has 1 aromatic heterocycles. The number of carbonyl (C=O) groups is 2. The van der Waals surface area contributed by atoms with Crippen LogP contribution >= 0.6 is 0 Å². The highest BCUT2D eigenvalue weighted by atomic mass is 19.4. The Kier molecular flexibility index (Phi) is 4.49. The smallest absolute Gasteiger partial charge is 0.406 e. The van der Waals surface area contributed by atoms with E-state index in [0.717, 1.165) is 16.2 Å². The molecular weight excluding hydrogens is 363 g/mol. The summed E-state index contributed by atoms with van der Waals surface area (Å²) in [4.78, 5) is 25.0. The van der Waals surface area contributed by atoms with Gasteiger partial charge in [0.05, 0.1) is 23.1 Å². The number of rotatable bonds is 3. The predicted octanol–water partition coefficient (Wildman–Crippen LogP) is 2.97. The van der Waals surface area contributed by atoms with Gasteiger partial charge in [-0.2, -0.15) is 18.3 Å². The number of carboxylic acid groups (broad SMARTS) is 1. The summed E-state index contributed by atoms with van der Waals surface area (Å²) in [7, 11) is 0. The first-order valence-electron chi connectivity index (χ1n) is 8.28. The molecule has 1 N–H and O–H groups in total. The van der Waals surface area contributed by atoms with Crippen LogP contribution in [0.3, 0.4) is 0 Å². The summed E-state index contributed by atoms with van der Waals surface area (Å²) >= 11 is 0. The molecule has 1 saturated heterocycles. The number of aromatic nitrogens is 2. The average Bonchev–Trinajstić information content (AvgIpc) is 3.19. The summed E-state index contributed by atoms with van der Waals surface area (Å²) in [6, 6.07) is 7.40. The number of aryl methyl sites for hydroxylation is 1. The van der Waals surface area contributed by atoms with E-state index in [1.165, 1.54) is 10.9 Å². The van der Waals surface area contributed by atoms with Gasteiger partial charge in [-0.25, -0.2) is 4.68 Å². The van der Waals surface area contributed by atoms with E-state index in [2.05, 4.69) is 5.10 Å². The molecule has 2 heterocycles. The minimum atomic E-state index is -4.94. The molecule has 144 valence electrons. The number of carboxylic acids is 1. The third-order valence-electron chi connectivity index (χ3n) is 4.99. The third-order valence-corrected chi connectivity index (χ3v) is 4.99. The summed E-state index contributed by atoms with van der Waals surface area (Å²) in [6.07, 6.45) is -4.30. The number of aliphatic carboxylic acids is 1. The van der Waals surface area contributed by atoms with Gasteiger partial charge in [0.25, 0.3) is 5.91 Å². The molecule has 27 heavy (non-hydrogen) atoms. The van der Waals surface area contributed by atoms with Crippen molar-refractivity contribution >= 4 is 11.9 Å². The van der Waals surface area contributed by atoms with Crippen LogP contribution in [0.4, 0.5) is 13.2 Å². The van der Waals surface area contributed by atoms with E-state index in [4.69, 9.17) is 5.11 Å². The van der Waals surface area contributed by atoms with Gasteiger partial charge in [-0.3, -0.25) is 9.59 Å². The van der Waals surface area contributed by atoms with Crippen LogP contribution in [0.15, 0.2) is 30.5 Å². The van der Waals surface area contributed by atoms with Crippen LogP contribution in [0.2, 0.25) is 0 Å². The van der Waals surface area contributed by atoms with E-state index in [1.807, 2.05) is 25.1 Å². The zero-order chi connectivity index (χ0) is 20.0. The topological polar surface area (TPSA) is 75.4 Å². The van der Waals surface area contributed by atoms with E-state index >= 15 is 0 Å². The van der Waals surface area contributed by atoms with Crippen molar-refractivity contribution in [3.63, 3.8) is 0 Å². The summed E-state index contributed by atoms with van der Waals surface area (Å²) < 4.78 is 41.5. The first-order chi connectivity index (χ1) is 12.6. The fraction of sp³-hybridized carbons (Fsp3) is 0.389. The summed E-state index contributed by atoms with van der Waals surface area (Å²) in [5.41, 5.74) is -0.581. The van der Waals surface area contributed by atoms with Gasteiger partial charge < -0.3 is 10.0 Å². The second-order valence-electron chi connectivity index (χ2n) is 6.76. The Morgan fingerprint density at radius 1 is 1.26 bits per heavy atom. The molecule has 9 heteroatoms. The van der Waals surface area contributed by atoms with E-state index in [-0.39, 0.29) is 12.1 Å². The highest BCUT2D eigenvalue weighted by Gasteiger charge is 2.64. The largest absolute Gasteiger partial charge is 0.481 e. The minimum absolute atomic E-state index is 0.153. The Balaban J connectivity index is 1.89. The zero-order valence-corrected chi connectivity index (χ0v) is 14.7. The van der Waals surface area contributed by atoms with E-state index in [1.54, 1.807) is 13.0 Å². The van der Waals surface area contributed by atoms with Crippen LogP contribution in [0.1, 0.15) is 28.0 Å². The monoisotopic (exact) mass is 381 g/mol. The van der Waals surface area contributed by atoms with Gasteiger partial charge in [0.1, 0.15) is 0 Å². The van der Waals surface area contributed by atoms with Crippen LogP contribution < -0.4 is 0 Å². The van der Waals surface area contributed by atoms with Crippen molar-refractivity contribution in [2.75, 3.05) is 13.1 Å². The van der Waals surface area contributed by atoms with Crippen molar-refractivity contribution in [2.24, 2.45) is 5.41 Å². The number of carbonyl (C=O) groups excluding carboxylic acids is 1. The van der Waals surface area contributed by atoms with Gasteiger partial charge in [-0.15, -0.1) is 0 Å². The number of nitrogens with zero attached hydrogens (tertiary/aromatic N) is 3. The van der Waals surface area contributed by atoms with Crippen molar-refractivity contribution < 1.29 is 27.9 Å². The van der Waals surface area contributed by atoms with E-state index in [0.29, 0.717) is 5.69 Å². The first kappa shape index (κ1) is 18.9. The lowest BCUT2D eigenvalue weighted by Crippen LogP contribution is -2.47. The van der Waals surface area contributed by atoms with Crippen molar-refractivity contribution in [3.8, 4) is 5.69 Å². The van der Waals surface area contributed by atoms with Gasteiger partial charge >= 0.3 is 12.1 Å². The summed E-state index contributed by atoms with van der Waals surface area (Å²) in [6.45, 7) is 2.37. The molecule has 2 aromatic rings. The Bertz CT molecular complexity index is 907. The molecule has 1 amide bonds. The molecule has 3 rings (SSSR count). The number of amides is 1. The number of halogens is 3. The molecule has 1 atom stereocenters. The fourth-order valence-electron chi connectivity index (χ4n) is 3.32. The molecule has 1 aliphatic heterocycles. The fourth-order valence-corrected chi connectivity index (χ4v) is 3.32. The molecule has 1 aliphatic rings. The molecule has 1 unspecified atom stereocenters. The predicted molar refractivity (Wildman–Crippen MR) is 89.7 cm³/mol. The van der Waals surface area contributed by atoms with Gasteiger partial charge in [-0.05, 0) is 38.0 Å². The molecule has 1 aromatic carbocycles. The van der Waals surface area contributed by atoms with E-state index in [9.17, 15) is 22.8 Å². The Morgan fingerprint density at radius 2 is 1.96 bits per heavy atom. The highest BCUT2D eigenvalue weighted by Crippen LogP contribution is 2.46. The molecule has 0 saturated carbocycles. The van der Waals surface area contributed by atoms with Gasteiger partial charge in [-0.1, -0.05) is 12.1 Å². The quantitative estimate of drug-likeness (QED) is 0.887. The molecule has 0 aliphatic carbocycles. The number of alkyl halides is 3. The minimum Gasteiger partial charge on any atom is -0.481 e. The molecule has 1 fully saturated rings. The maximum atomic E-state index is 13.3. The molecule has 0 bridgehead atoms. The summed E-state index contributed by atoms with van der Waals surface area (Å²) in [5.74, 6) is -2.61. The second-order valence-corrected chi connectivity index (χ2v) is 6.76. The third kappa shape index (κ3) is 3.07. The Labute approximate surface area is 153 Å². The van der Waals surface area contributed by atoms with E-state index < -0.39 is 36.4 Å². The Hall–Kier alpha value is -2.84. The highest BCUT2D eigenvalue weighted by molar-refractivity contribution is 5.96. The average molecular weight is 381 g/mol. The van der Waals surface area contributed by atoms with Crippen molar-refractivity contribution in [2.45, 2.75) is 26.4 Å². The molecule has 6 nitrogen and oxygen atoms in total. The van der Waals surface area contributed by atoms with Crippen molar-refractivity contribution in [3.05, 3.63) is 47.3 Å². The van der Waals surface area contributed by atoms with Crippen LogP contribution in [0.25, 0.3) is 5.69 Å². The lowest BCUT2D eigenvalue weighted by atomic mass is 9.86. The standard InChI is InChI=1S/C18H18F3N3O3/c1-11-4-3-5-13(8-11)24-12(2)14(9-22-24)15(25)23-7-6-17(10-23,16(26)27)18(19,20)21/h3-5,8-9H,6-7,10H2,1-2H3,(H,26,27). The van der Waals surface area contributed by atoms with Crippen molar-refractivity contribution in [1.29, 1.82) is 0 Å². The second kappa shape index (κ2) is 6.40. The Morgan fingerprint density at radius 3 is 2.52 bits per heavy atom. The lowest BCUT2D eigenvalue weighted by Gasteiger charge is -2.27. The van der Waals surface area contributed by atoms with Crippen LogP contribution in [0, 0.1) is 19.3 Å². The zero-order valence-electron chi connectivity index (χ0n) is 14.7. The SMILES string of the molecule is Cc1cccc(-n2ncc(C(=O)N3CCC(C(=O)O)(C(F)(F)F)C3)c2C)c1.